The van der Waals surface area contributed by atoms with Crippen molar-refractivity contribution in [2.75, 3.05) is 5.32 Å². The Labute approximate surface area is 143 Å². The van der Waals surface area contributed by atoms with Crippen molar-refractivity contribution in [3.63, 3.8) is 0 Å². The van der Waals surface area contributed by atoms with E-state index in [1.807, 2.05) is 69.3 Å². The van der Waals surface area contributed by atoms with Gasteiger partial charge in [0, 0.05) is 5.69 Å². The molecule has 2 rings (SSSR count). The van der Waals surface area contributed by atoms with E-state index in [1.165, 1.54) is 0 Å². The second-order valence-electron chi connectivity index (χ2n) is 6.13. The average Bonchev–Trinajstić information content (AvgIpc) is 2.56. The first-order valence-corrected chi connectivity index (χ1v) is 8.20. The molecular weight excluding hydrogens is 302 g/mol. The minimum Gasteiger partial charge on any atom is -0.388 e. The van der Waals surface area contributed by atoms with Crippen LogP contribution in [0.3, 0.4) is 0 Å². The fraction of sp³-hybridized carbons (Fsp3) is 0.350. The molecule has 0 heterocycles. The van der Waals surface area contributed by atoms with Gasteiger partial charge in [-0.15, -0.1) is 0 Å². The Kier molecular flexibility index (Phi) is 6.53. The van der Waals surface area contributed by atoms with Crippen molar-refractivity contribution in [1.29, 1.82) is 0 Å². The molecule has 0 saturated heterocycles. The molecule has 0 fully saturated rings. The van der Waals surface area contributed by atoms with Crippen molar-refractivity contribution in [1.82, 2.24) is 0 Å². The van der Waals surface area contributed by atoms with Crippen LogP contribution in [0, 0.1) is 6.92 Å². The van der Waals surface area contributed by atoms with E-state index in [4.69, 9.17) is 4.74 Å². The molecule has 4 nitrogen and oxygen atoms in total. The van der Waals surface area contributed by atoms with E-state index in [1.54, 1.807) is 0 Å². The lowest BCUT2D eigenvalue weighted by molar-refractivity contribution is -0.118. The molecule has 0 radical (unpaired) electrons. The molecule has 1 unspecified atom stereocenters. The van der Waals surface area contributed by atoms with Crippen molar-refractivity contribution in [2.45, 2.75) is 46.0 Å². The largest absolute Gasteiger partial charge is 0.388 e. The van der Waals surface area contributed by atoms with Crippen molar-refractivity contribution in [3.8, 4) is 0 Å². The molecule has 1 amide bonds. The number of hydrogen-bond acceptors (Lipinski definition) is 3. The molecule has 0 saturated carbocycles. The fourth-order valence-corrected chi connectivity index (χ4v) is 2.40. The number of nitrogens with one attached hydrogen (secondary N) is 1. The number of rotatable bonds is 7. The van der Waals surface area contributed by atoms with Gasteiger partial charge < -0.3 is 15.2 Å². The van der Waals surface area contributed by atoms with Crippen LogP contribution in [0.25, 0.3) is 0 Å². The van der Waals surface area contributed by atoms with Crippen LogP contribution in [-0.2, 0) is 16.1 Å². The van der Waals surface area contributed by atoms with E-state index in [2.05, 4.69) is 5.32 Å². The maximum absolute atomic E-state index is 12.2. The molecule has 2 aromatic rings. The van der Waals surface area contributed by atoms with Gasteiger partial charge in [-0.1, -0.05) is 42.5 Å². The number of anilines is 1. The van der Waals surface area contributed by atoms with Crippen molar-refractivity contribution < 1.29 is 14.6 Å². The van der Waals surface area contributed by atoms with Crippen LogP contribution in [0.5, 0.6) is 0 Å². The molecule has 24 heavy (non-hydrogen) atoms. The SMILES string of the molecule is Cc1c(COC(C)C)cccc1NC(=O)CC(O)c1ccccc1. The van der Waals surface area contributed by atoms with Crippen LogP contribution in [0.15, 0.2) is 48.5 Å². The molecular formula is C20H25NO3. The normalized spacial score (nSPS) is 12.2. The van der Waals surface area contributed by atoms with Crippen LogP contribution in [0.4, 0.5) is 5.69 Å². The summed E-state index contributed by atoms with van der Waals surface area (Å²) in [6.07, 6.45) is -0.626. The number of amides is 1. The standard InChI is InChI=1S/C20H25NO3/c1-14(2)24-13-17-10-7-11-18(15(17)3)21-20(23)12-19(22)16-8-5-4-6-9-16/h4-11,14,19,22H,12-13H2,1-3H3,(H,21,23). The number of aliphatic hydroxyl groups excluding tert-OH is 1. The minimum absolute atomic E-state index is 0.0240. The molecule has 2 N–H and O–H groups in total. The average molecular weight is 327 g/mol. The van der Waals surface area contributed by atoms with E-state index >= 15 is 0 Å². The Balaban J connectivity index is 2.00. The van der Waals surface area contributed by atoms with Gasteiger partial charge in [0.25, 0.3) is 0 Å². The maximum atomic E-state index is 12.2. The fourth-order valence-electron chi connectivity index (χ4n) is 2.40. The smallest absolute Gasteiger partial charge is 0.227 e. The zero-order chi connectivity index (χ0) is 17.5. The highest BCUT2D eigenvalue weighted by molar-refractivity contribution is 5.92. The quantitative estimate of drug-likeness (QED) is 0.808. The number of hydrogen-bond donors (Lipinski definition) is 2. The van der Waals surface area contributed by atoms with E-state index < -0.39 is 6.10 Å². The summed E-state index contributed by atoms with van der Waals surface area (Å²) >= 11 is 0. The van der Waals surface area contributed by atoms with Gasteiger partial charge >= 0.3 is 0 Å². The Morgan fingerprint density at radius 1 is 1.12 bits per heavy atom. The summed E-state index contributed by atoms with van der Waals surface area (Å²) in [5, 5.41) is 13.0. The maximum Gasteiger partial charge on any atom is 0.227 e. The summed E-state index contributed by atoms with van der Waals surface area (Å²) in [5.74, 6) is -0.212. The molecule has 1 atom stereocenters. The summed E-state index contributed by atoms with van der Waals surface area (Å²) in [4.78, 5) is 12.2. The van der Waals surface area contributed by atoms with Crippen molar-refractivity contribution in [2.24, 2.45) is 0 Å². The van der Waals surface area contributed by atoms with Crippen molar-refractivity contribution >= 4 is 11.6 Å². The van der Waals surface area contributed by atoms with Crippen LogP contribution < -0.4 is 5.32 Å². The van der Waals surface area contributed by atoms with Gasteiger partial charge in [-0.2, -0.15) is 0 Å². The second kappa shape index (κ2) is 8.62. The topological polar surface area (TPSA) is 58.6 Å². The predicted molar refractivity (Wildman–Crippen MR) is 95.8 cm³/mol. The van der Waals surface area contributed by atoms with Gasteiger partial charge in [-0.25, -0.2) is 0 Å². The predicted octanol–water partition coefficient (Wildman–Crippen LogP) is 3.98. The summed E-state index contributed by atoms with van der Waals surface area (Å²) in [6.45, 7) is 6.46. The molecule has 0 bridgehead atoms. The number of carbonyl (C=O) groups excluding carboxylic acids is 1. The van der Waals surface area contributed by atoms with Crippen LogP contribution in [0.1, 0.15) is 43.1 Å². The first-order valence-electron chi connectivity index (χ1n) is 8.20. The van der Waals surface area contributed by atoms with Gasteiger partial charge in [-0.05, 0) is 43.5 Å². The van der Waals surface area contributed by atoms with Crippen LogP contribution in [-0.4, -0.2) is 17.1 Å². The first kappa shape index (κ1) is 18.2. The molecule has 4 heteroatoms. The van der Waals surface area contributed by atoms with E-state index in [-0.39, 0.29) is 18.4 Å². The van der Waals surface area contributed by atoms with Gasteiger partial charge in [0.05, 0.1) is 25.2 Å². The monoisotopic (exact) mass is 327 g/mol. The highest BCUT2D eigenvalue weighted by atomic mass is 16.5. The molecule has 0 aromatic heterocycles. The highest BCUT2D eigenvalue weighted by Crippen LogP contribution is 2.22. The van der Waals surface area contributed by atoms with Crippen LogP contribution in [0.2, 0.25) is 0 Å². The summed E-state index contributed by atoms with van der Waals surface area (Å²) in [6, 6.07) is 14.9. The number of ether oxygens (including phenoxy) is 1. The van der Waals surface area contributed by atoms with E-state index in [0.29, 0.717) is 6.61 Å². The summed E-state index contributed by atoms with van der Waals surface area (Å²) < 4.78 is 5.64. The van der Waals surface area contributed by atoms with Crippen LogP contribution >= 0.6 is 0 Å². The number of carbonyl (C=O) groups is 1. The Morgan fingerprint density at radius 3 is 2.50 bits per heavy atom. The second-order valence-corrected chi connectivity index (χ2v) is 6.13. The van der Waals surface area contributed by atoms with Gasteiger partial charge in [0.1, 0.15) is 0 Å². The Bertz CT molecular complexity index is 668. The van der Waals surface area contributed by atoms with Crippen molar-refractivity contribution in [3.05, 3.63) is 65.2 Å². The third-order valence-electron chi connectivity index (χ3n) is 3.86. The zero-order valence-corrected chi connectivity index (χ0v) is 14.5. The minimum atomic E-state index is -0.807. The third kappa shape index (κ3) is 5.18. The molecule has 128 valence electrons. The lowest BCUT2D eigenvalue weighted by Gasteiger charge is -2.15. The third-order valence-corrected chi connectivity index (χ3v) is 3.86. The Hall–Kier alpha value is -2.17. The zero-order valence-electron chi connectivity index (χ0n) is 14.5. The lowest BCUT2D eigenvalue weighted by atomic mass is 10.1. The highest BCUT2D eigenvalue weighted by Gasteiger charge is 2.14. The summed E-state index contributed by atoms with van der Waals surface area (Å²) in [7, 11) is 0. The van der Waals surface area contributed by atoms with E-state index in [9.17, 15) is 9.90 Å². The molecule has 2 aromatic carbocycles. The molecule has 0 aliphatic heterocycles. The number of aliphatic hydroxyl groups is 1. The molecule has 0 aliphatic carbocycles. The number of benzene rings is 2. The summed E-state index contributed by atoms with van der Waals surface area (Å²) in [5.41, 5.74) is 3.53. The molecule has 0 aliphatic rings. The lowest BCUT2D eigenvalue weighted by Crippen LogP contribution is -2.16. The van der Waals surface area contributed by atoms with Gasteiger partial charge in [0.15, 0.2) is 0 Å². The molecule has 0 spiro atoms. The van der Waals surface area contributed by atoms with Gasteiger partial charge in [-0.3, -0.25) is 4.79 Å². The van der Waals surface area contributed by atoms with E-state index in [0.717, 1.165) is 22.4 Å². The Morgan fingerprint density at radius 2 is 1.83 bits per heavy atom. The van der Waals surface area contributed by atoms with Gasteiger partial charge in [0.2, 0.25) is 5.91 Å². The first-order chi connectivity index (χ1) is 11.5.